The second kappa shape index (κ2) is 26.5. The largest absolute Gasteiger partial charge is 1.00 e. The van der Waals surface area contributed by atoms with Crippen LogP contribution in [0.4, 0.5) is 0 Å². The predicted octanol–water partition coefficient (Wildman–Crippen LogP) is 12.0. The van der Waals surface area contributed by atoms with Gasteiger partial charge in [-0.05, 0) is 149 Å². The van der Waals surface area contributed by atoms with Gasteiger partial charge in [-0.3, -0.25) is 0 Å². The summed E-state index contributed by atoms with van der Waals surface area (Å²) >= 11 is 12.1. The van der Waals surface area contributed by atoms with E-state index in [2.05, 4.69) is 177 Å². The third kappa shape index (κ3) is 12.3. The molecule has 4 aliphatic carbocycles. The number of fused-ring (bicyclic) bond motifs is 6. The van der Waals surface area contributed by atoms with Crippen molar-refractivity contribution in [1.29, 1.82) is 0 Å². The molecular weight excluding hydrogens is 1250 g/mol. The molecule has 0 bridgehead atoms. The Balaban J connectivity index is 0.000000149. The van der Waals surface area contributed by atoms with Crippen molar-refractivity contribution in [2.45, 2.75) is 152 Å². The minimum Gasteiger partial charge on any atom is -0.497 e. The van der Waals surface area contributed by atoms with Crippen molar-refractivity contribution in [3.05, 3.63) is 250 Å². The standard InChI is InChI=1S/C38H38ClN3O4.C32H36O5.C6H3ClN3.K/c1-24-10-12-26(13-11-24)38(25-8-6-5-7-9-25,27-14-16-28(43-4)17-15-27)44-29-20-37(21-29)22-31(32-33(37)46-36(2,3)45-32)42-19-18-30-34(39)40-23-41-35(30)42;1-21-10-12-23(13-11-21)32(22-8-6-5-7-9-22,24-14-16-25(34-4)17-15-24)35-26-18-31(19-26)20-27(33)28-29(31)37-30(2,3)36-28;7-5-4-1-2-8-6(4)10-3-9-5;/h5-19,23,29,31-33H,20-22H2,1-4H3;5-17,26-29,33H,18-20H2,1-4H3;1-3H;/q;;-1;+1/t29?,31-,32+,33+,37?,38?;26?,27-,28-,29-,31?,32?;;/m10../s1. The second-order valence-electron chi connectivity index (χ2n) is 26.9. The molecule has 1 N–H and O–H groups in total. The topological polar surface area (TPSA) is 165 Å². The number of rotatable bonds is 13. The predicted molar refractivity (Wildman–Crippen MR) is 356 cm³/mol. The van der Waals surface area contributed by atoms with Crippen LogP contribution in [0.1, 0.15) is 117 Å². The van der Waals surface area contributed by atoms with Crippen molar-refractivity contribution in [1.82, 2.24) is 29.5 Å². The van der Waals surface area contributed by atoms with E-state index in [0.29, 0.717) is 22.4 Å². The van der Waals surface area contributed by atoms with Gasteiger partial charge in [0.2, 0.25) is 0 Å². The zero-order chi connectivity index (χ0) is 64.5. The third-order valence-electron chi connectivity index (χ3n) is 20.0. The fraction of sp³-hybridized carbons (Fsp3) is 0.368. The molecule has 2 aliphatic heterocycles. The number of nitrogens with zero attached hydrogens (tertiary/aromatic N) is 6. The Morgan fingerprint density at radius 3 is 1.40 bits per heavy atom. The van der Waals surface area contributed by atoms with Crippen LogP contribution in [0.25, 0.3) is 22.1 Å². The summed E-state index contributed by atoms with van der Waals surface area (Å²) in [5.41, 5.74) is 8.50. The number of aliphatic hydroxyl groups is 1. The first kappa shape index (κ1) is 66.7. The van der Waals surface area contributed by atoms with E-state index in [1.807, 2.05) is 64.1 Å². The first-order chi connectivity index (χ1) is 44.8. The average Bonchev–Trinajstić information content (AvgIpc) is 1.50. The number of ether oxygens (including phenoxy) is 8. The molecule has 8 atom stereocenters. The number of aliphatic hydroxyl groups excluding tert-OH is 1. The molecule has 15 nitrogen and oxygen atoms in total. The van der Waals surface area contributed by atoms with E-state index in [1.54, 1.807) is 26.5 Å². The maximum absolute atomic E-state index is 10.8. The quantitative estimate of drug-likeness (QED) is 0.0658. The SMILES string of the molecule is COc1ccc(C(OC2CC3(C2)C[C@@H](n2ccc4c(Cl)ncnc42)[C@@H]2OC(C)(C)O[C@@H]23)(c2ccccc2)c2ccc(C)cc2)cc1.COc1ccc(C(OC2CC3(C2)C[C@H](O)[C@@H]2OC(C)(C)O[C@@H]23)(c2ccccc2)c2ccc(C)cc2)cc1.Clc1ncnc2[n-]ccc12.[K+]. The van der Waals surface area contributed by atoms with Crippen LogP contribution in [0.3, 0.4) is 0 Å². The molecule has 0 radical (unpaired) electrons. The van der Waals surface area contributed by atoms with Crippen molar-refractivity contribution in [3.63, 3.8) is 0 Å². The van der Waals surface area contributed by atoms with Crippen molar-refractivity contribution in [3.8, 4) is 11.5 Å². The van der Waals surface area contributed by atoms with Crippen LogP contribution in [0.5, 0.6) is 11.5 Å². The van der Waals surface area contributed by atoms with Gasteiger partial charge < -0.3 is 57.5 Å². The maximum Gasteiger partial charge on any atom is 1.00 e. The van der Waals surface area contributed by atoms with Crippen LogP contribution in [-0.4, -0.2) is 98.1 Å². The van der Waals surface area contributed by atoms with Gasteiger partial charge in [0.25, 0.3) is 0 Å². The van der Waals surface area contributed by atoms with Crippen LogP contribution in [-0.2, 0) is 39.6 Å². The number of benzene rings is 6. The molecule has 2 saturated heterocycles. The zero-order valence-electron chi connectivity index (χ0n) is 54.5. The van der Waals surface area contributed by atoms with Crippen LogP contribution in [0, 0.1) is 24.7 Å². The van der Waals surface area contributed by atoms with Gasteiger partial charge in [0, 0.05) is 28.7 Å². The number of hydrogen-bond acceptors (Lipinski definition) is 13. The minimum absolute atomic E-state index is 0. The molecule has 6 aliphatic rings. The Morgan fingerprint density at radius 1 is 0.500 bits per heavy atom. The van der Waals surface area contributed by atoms with Gasteiger partial charge in [0.1, 0.15) is 57.2 Å². The van der Waals surface area contributed by atoms with Crippen molar-refractivity contribution >= 4 is 45.3 Å². The van der Waals surface area contributed by atoms with E-state index < -0.39 is 28.9 Å². The molecule has 6 heterocycles. The fourth-order valence-electron chi connectivity index (χ4n) is 15.8. The van der Waals surface area contributed by atoms with Gasteiger partial charge in [-0.25, -0.2) is 15.0 Å². The summed E-state index contributed by atoms with van der Waals surface area (Å²) in [5.74, 6) is 0.269. The van der Waals surface area contributed by atoms with E-state index in [0.717, 1.165) is 93.4 Å². The molecule has 4 saturated carbocycles. The van der Waals surface area contributed by atoms with E-state index >= 15 is 0 Å². The normalized spacial score (nSPS) is 27.1. The van der Waals surface area contributed by atoms with Gasteiger partial charge in [-0.1, -0.05) is 180 Å². The number of methoxy groups -OCH3 is 2. The Bertz CT molecular complexity index is 4250. The van der Waals surface area contributed by atoms with E-state index in [1.165, 1.54) is 23.8 Å². The molecule has 0 amide bonds. The maximum atomic E-state index is 10.8. The minimum atomic E-state index is -0.818. The number of halogens is 2. The van der Waals surface area contributed by atoms with E-state index in [9.17, 15) is 5.11 Å². The summed E-state index contributed by atoms with van der Waals surface area (Å²) in [7, 11) is 3.38. The molecule has 16 rings (SSSR count). The molecule has 2 unspecified atom stereocenters. The molecule has 94 heavy (non-hydrogen) atoms. The first-order valence-corrected chi connectivity index (χ1v) is 32.7. The molecule has 2 spiro atoms. The fourth-order valence-corrected chi connectivity index (χ4v) is 16.2. The molecule has 4 aromatic heterocycles. The first-order valence-electron chi connectivity index (χ1n) is 32.0. The number of hydrogen-bond donors (Lipinski definition) is 1. The zero-order valence-corrected chi connectivity index (χ0v) is 59.1. The summed E-state index contributed by atoms with van der Waals surface area (Å²) in [4.78, 5) is 20.4. The smallest absolute Gasteiger partial charge is 0.497 e. The van der Waals surface area contributed by atoms with Gasteiger partial charge in [-0.15, -0.1) is 0 Å². The summed E-state index contributed by atoms with van der Waals surface area (Å²) in [5, 5.41) is 13.4. The molecular formula is C76H77Cl2KN6O9. The summed E-state index contributed by atoms with van der Waals surface area (Å²) < 4.78 is 53.6. The summed E-state index contributed by atoms with van der Waals surface area (Å²) in [6, 6.07) is 58.7. The molecule has 10 aromatic rings. The monoisotopic (exact) mass is 1330 g/mol. The molecule has 6 fully saturated rings. The Morgan fingerprint density at radius 2 is 0.926 bits per heavy atom. The molecule has 6 aromatic carbocycles. The summed E-state index contributed by atoms with van der Waals surface area (Å²) in [6.45, 7) is 12.1. The third-order valence-corrected chi connectivity index (χ3v) is 20.6. The van der Waals surface area contributed by atoms with Crippen LogP contribution >= 0.6 is 23.2 Å². The molecule has 480 valence electrons. The number of aryl methyl sites for hydroxylation is 2. The second-order valence-corrected chi connectivity index (χ2v) is 27.6. The van der Waals surface area contributed by atoms with Gasteiger partial charge in [0.05, 0.1) is 56.2 Å². The number of aromatic nitrogens is 6. The average molecular weight is 1330 g/mol. The van der Waals surface area contributed by atoms with Crippen molar-refractivity contribution in [2.24, 2.45) is 10.8 Å². The van der Waals surface area contributed by atoms with Crippen molar-refractivity contribution < 1.29 is 94.4 Å². The Kier molecular flexibility index (Phi) is 18.8. The van der Waals surface area contributed by atoms with Gasteiger partial charge in [-0.2, -0.15) is 0 Å². The molecule has 18 heteroatoms. The van der Waals surface area contributed by atoms with Crippen molar-refractivity contribution in [2.75, 3.05) is 14.2 Å². The Hall–Kier alpha value is -5.90. The van der Waals surface area contributed by atoms with Gasteiger partial charge in [0.15, 0.2) is 11.6 Å². The van der Waals surface area contributed by atoms with E-state index in [-0.39, 0.29) is 105 Å². The Labute approximate surface area is 601 Å². The van der Waals surface area contributed by atoms with Crippen LogP contribution in [0.15, 0.2) is 195 Å². The summed E-state index contributed by atoms with van der Waals surface area (Å²) in [6.07, 6.45) is 10.5. The van der Waals surface area contributed by atoms with Crippen LogP contribution in [0.2, 0.25) is 10.3 Å². The van der Waals surface area contributed by atoms with Gasteiger partial charge >= 0.3 is 51.4 Å². The van der Waals surface area contributed by atoms with E-state index in [4.69, 9.17) is 61.1 Å². The van der Waals surface area contributed by atoms with Crippen LogP contribution < -0.4 is 65.8 Å².